The average molecular weight is 378 g/mol. The third-order valence-electron chi connectivity index (χ3n) is 4.79. The third kappa shape index (κ3) is 4.05. The number of anilines is 1. The number of imide groups is 1. The van der Waals surface area contributed by atoms with E-state index in [-0.39, 0.29) is 17.8 Å². The lowest BCUT2D eigenvalue weighted by Crippen LogP contribution is -2.60. The maximum Gasteiger partial charge on any atom is 0.321 e. The fourth-order valence-electron chi connectivity index (χ4n) is 3.67. The minimum absolute atomic E-state index is 0.0102. The van der Waals surface area contributed by atoms with E-state index in [9.17, 15) is 19.7 Å². The molecule has 0 radical (unpaired) electrons. The van der Waals surface area contributed by atoms with Crippen molar-refractivity contribution >= 4 is 30.1 Å². The molecular formula is C17H22N4O6. The molecule has 2 aliphatic heterocycles. The summed E-state index contributed by atoms with van der Waals surface area (Å²) >= 11 is 0. The Morgan fingerprint density at radius 2 is 2.07 bits per heavy atom. The molecule has 1 fully saturated rings. The second-order valence-corrected chi connectivity index (χ2v) is 6.21. The molecule has 2 aliphatic rings. The molecule has 2 N–H and O–H groups in total. The highest BCUT2D eigenvalue weighted by Crippen LogP contribution is 2.39. The van der Waals surface area contributed by atoms with Crippen LogP contribution >= 0.6 is 0 Å². The number of nitro benzene ring substituents is 1. The van der Waals surface area contributed by atoms with Crippen LogP contribution in [0.3, 0.4) is 0 Å². The van der Waals surface area contributed by atoms with Gasteiger partial charge in [-0.3, -0.25) is 20.2 Å². The monoisotopic (exact) mass is 378 g/mol. The van der Waals surface area contributed by atoms with Crippen molar-refractivity contribution in [2.75, 3.05) is 25.1 Å². The molecule has 10 heteroatoms. The van der Waals surface area contributed by atoms with Crippen molar-refractivity contribution in [1.29, 1.82) is 0 Å². The minimum atomic E-state index is -0.578. The molecule has 1 aromatic carbocycles. The maximum absolute atomic E-state index is 12.6. The Morgan fingerprint density at radius 3 is 2.70 bits per heavy atom. The molecule has 3 atom stereocenters. The van der Waals surface area contributed by atoms with Gasteiger partial charge in [-0.2, -0.15) is 0 Å². The molecule has 0 aromatic heterocycles. The van der Waals surface area contributed by atoms with Gasteiger partial charge in [-0.15, -0.1) is 0 Å². The summed E-state index contributed by atoms with van der Waals surface area (Å²) in [5, 5.41) is 15.7. The van der Waals surface area contributed by atoms with Crippen LogP contribution in [0.4, 0.5) is 16.2 Å². The zero-order valence-corrected chi connectivity index (χ0v) is 15.1. The number of rotatable bonds is 2. The maximum atomic E-state index is 12.6. The molecular weight excluding hydrogens is 356 g/mol. The van der Waals surface area contributed by atoms with Crippen LogP contribution in [0.25, 0.3) is 0 Å². The predicted molar refractivity (Wildman–Crippen MR) is 96.6 cm³/mol. The number of benzene rings is 1. The van der Waals surface area contributed by atoms with Crippen LogP contribution in [-0.4, -0.2) is 56.0 Å². The average Bonchev–Trinajstić information content (AvgIpc) is 2.68. The number of nitrogens with zero attached hydrogens (tertiary/aromatic N) is 2. The summed E-state index contributed by atoms with van der Waals surface area (Å²) in [4.78, 5) is 44.8. The van der Waals surface area contributed by atoms with Gasteiger partial charge in [0, 0.05) is 31.4 Å². The van der Waals surface area contributed by atoms with Gasteiger partial charge >= 0.3 is 6.03 Å². The lowest BCUT2D eigenvalue weighted by molar-refractivity contribution is -0.384. The SMILES string of the molecule is C=O.CNC(=O)NC(=O)C1Cc2cc([N+](=O)[O-])ccc2N2CCO[C@@H](C)C12. The summed E-state index contributed by atoms with van der Waals surface area (Å²) in [5.74, 6) is -0.953. The van der Waals surface area contributed by atoms with Crippen LogP contribution in [0.1, 0.15) is 12.5 Å². The van der Waals surface area contributed by atoms with E-state index in [1.165, 1.54) is 19.2 Å². The van der Waals surface area contributed by atoms with Crippen LogP contribution in [-0.2, 0) is 20.7 Å². The Hall–Kier alpha value is -3.01. The molecule has 10 nitrogen and oxygen atoms in total. The van der Waals surface area contributed by atoms with Gasteiger partial charge in [0.2, 0.25) is 5.91 Å². The summed E-state index contributed by atoms with van der Waals surface area (Å²) in [6.07, 6.45) is 0.117. The van der Waals surface area contributed by atoms with Crippen LogP contribution in [0, 0.1) is 16.0 Å². The van der Waals surface area contributed by atoms with E-state index in [1.807, 2.05) is 13.7 Å². The molecule has 1 saturated heterocycles. The van der Waals surface area contributed by atoms with Gasteiger partial charge in [-0.25, -0.2) is 4.79 Å². The topological polar surface area (TPSA) is 131 Å². The molecule has 0 saturated carbocycles. The predicted octanol–water partition coefficient (Wildman–Crippen LogP) is 0.632. The normalized spacial score (nSPS) is 23.0. The van der Waals surface area contributed by atoms with Gasteiger partial charge in [-0.05, 0) is 25.0 Å². The van der Waals surface area contributed by atoms with Crippen molar-refractivity contribution in [3.63, 3.8) is 0 Å². The molecule has 3 rings (SSSR count). The second kappa shape index (κ2) is 8.58. The van der Waals surface area contributed by atoms with Crippen molar-refractivity contribution in [2.24, 2.45) is 5.92 Å². The van der Waals surface area contributed by atoms with E-state index in [4.69, 9.17) is 9.53 Å². The van der Waals surface area contributed by atoms with Gasteiger partial charge in [-0.1, -0.05) is 0 Å². The Labute approximate surface area is 156 Å². The van der Waals surface area contributed by atoms with E-state index in [1.54, 1.807) is 6.07 Å². The molecule has 3 amide bonds. The zero-order chi connectivity index (χ0) is 20.1. The number of nitrogens with one attached hydrogen (secondary N) is 2. The van der Waals surface area contributed by atoms with Gasteiger partial charge in [0.25, 0.3) is 5.69 Å². The number of amides is 3. The summed E-state index contributed by atoms with van der Waals surface area (Å²) in [6, 6.07) is 3.90. The fourth-order valence-corrected chi connectivity index (χ4v) is 3.67. The fraction of sp³-hybridized carbons (Fsp3) is 0.471. The highest BCUT2D eigenvalue weighted by Gasteiger charge is 2.44. The Balaban J connectivity index is 0.00000126. The number of urea groups is 1. The summed E-state index contributed by atoms with van der Waals surface area (Å²) in [6.45, 7) is 4.99. The van der Waals surface area contributed by atoms with E-state index in [0.29, 0.717) is 19.6 Å². The first-order valence-corrected chi connectivity index (χ1v) is 8.39. The summed E-state index contributed by atoms with van der Waals surface area (Å²) < 4.78 is 5.71. The van der Waals surface area contributed by atoms with Crippen molar-refractivity contribution < 1.29 is 24.0 Å². The Kier molecular flexibility index (Phi) is 6.45. The van der Waals surface area contributed by atoms with E-state index in [2.05, 4.69) is 15.5 Å². The van der Waals surface area contributed by atoms with E-state index >= 15 is 0 Å². The molecule has 0 spiro atoms. The molecule has 2 unspecified atom stereocenters. The molecule has 2 heterocycles. The van der Waals surface area contributed by atoms with Crippen molar-refractivity contribution in [3.8, 4) is 0 Å². The lowest BCUT2D eigenvalue weighted by atomic mass is 9.81. The number of hydrogen-bond donors (Lipinski definition) is 2. The number of nitro groups is 1. The Bertz CT molecular complexity index is 740. The highest BCUT2D eigenvalue weighted by molar-refractivity contribution is 5.96. The van der Waals surface area contributed by atoms with Gasteiger partial charge in [0.1, 0.15) is 6.79 Å². The van der Waals surface area contributed by atoms with Gasteiger partial charge in [0.05, 0.1) is 29.6 Å². The van der Waals surface area contributed by atoms with Gasteiger partial charge < -0.3 is 19.7 Å². The number of ether oxygens (including phenoxy) is 1. The largest absolute Gasteiger partial charge is 0.375 e. The molecule has 27 heavy (non-hydrogen) atoms. The number of carbonyl (C=O) groups is 3. The van der Waals surface area contributed by atoms with Crippen molar-refractivity contribution in [1.82, 2.24) is 10.6 Å². The lowest BCUT2D eigenvalue weighted by Gasteiger charge is -2.48. The van der Waals surface area contributed by atoms with Gasteiger partial charge in [0.15, 0.2) is 0 Å². The van der Waals surface area contributed by atoms with Crippen LogP contribution in [0.15, 0.2) is 18.2 Å². The molecule has 0 aliphatic carbocycles. The Morgan fingerprint density at radius 1 is 1.37 bits per heavy atom. The first-order valence-electron chi connectivity index (χ1n) is 8.39. The van der Waals surface area contributed by atoms with Crippen molar-refractivity contribution in [3.05, 3.63) is 33.9 Å². The quantitative estimate of drug-likeness (QED) is 0.570. The highest BCUT2D eigenvalue weighted by atomic mass is 16.6. The van der Waals surface area contributed by atoms with Crippen LogP contribution < -0.4 is 15.5 Å². The van der Waals surface area contributed by atoms with Crippen molar-refractivity contribution in [2.45, 2.75) is 25.5 Å². The molecule has 146 valence electrons. The number of carbonyl (C=O) groups excluding carboxylic acids is 3. The summed E-state index contributed by atoms with van der Waals surface area (Å²) in [7, 11) is 1.43. The number of hydrogen-bond acceptors (Lipinski definition) is 7. The van der Waals surface area contributed by atoms with E-state index < -0.39 is 22.8 Å². The molecule has 0 bridgehead atoms. The first-order chi connectivity index (χ1) is 12.9. The van der Waals surface area contributed by atoms with Crippen LogP contribution in [0.2, 0.25) is 0 Å². The van der Waals surface area contributed by atoms with Crippen LogP contribution in [0.5, 0.6) is 0 Å². The standard InChI is InChI=1S/C16H20N4O5.CH2O/c1-9-14-12(15(21)18-16(22)17-2)8-10-7-11(20(23)24)3-4-13(10)19(14)5-6-25-9;1-2/h3-4,7,9,12,14H,5-6,8H2,1-2H3,(H2,17,18,21,22);1H2/t9-,12?,14?;/m0./s1. The minimum Gasteiger partial charge on any atom is -0.375 e. The number of fused-ring (bicyclic) bond motifs is 3. The smallest absolute Gasteiger partial charge is 0.321 e. The first kappa shape index (κ1) is 20.3. The third-order valence-corrected chi connectivity index (χ3v) is 4.79. The number of morpholine rings is 1. The number of non-ortho nitro benzene ring substituents is 1. The zero-order valence-electron chi connectivity index (χ0n) is 15.1. The second-order valence-electron chi connectivity index (χ2n) is 6.21. The summed E-state index contributed by atoms with van der Waals surface area (Å²) in [5.41, 5.74) is 1.61. The molecule has 1 aromatic rings. The van der Waals surface area contributed by atoms with E-state index in [0.717, 1.165) is 11.3 Å².